The number of carbonyl (C=O) groups excluding carboxylic acids is 2. The van der Waals surface area contributed by atoms with E-state index < -0.39 is 35.6 Å². The monoisotopic (exact) mass is 583 g/mol. The summed E-state index contributed by atoms with van der Waals surface area (Å²) in [6, 6.07) is 4.05. The summed E-state index contributed by atoms with van der Waals surface area (Å²) >= 11 is 0. The Morgan fingerprint density at radius 2 is 1.93 bits per heavy atom. The second-order valence-electron chi connectivity index (χ2n) is 11.8. The quantitative estimate of drug-likeness (QED) is 0.325. The number of nitrogens with one attached hydrogen (secondary N) is 1. The normalized spacial score (nSPS) is 28.3. The van der Waals surface area contributed by atoms with Gasteiger partial charge in [0.25, 0.3) is 0 Å². The van der Waals surface area contributed by atoms with Crippen molar-refractivity contribution in [1.29, 1.82) is 0 Å². The summed E-state index contributed by atoms with van der Waals surface area (Å²) in [5.41, 5.74) is -0.360. The van der Waals surface area contributed by atoms with E-state index in [0.29, 0.717) is 18.1 Å². The SMILES string of the molecule is COC(=O)C[C@](O)(CC=CCN1CCNCC1)C(=O)O[C@@H]1C(OC)=C[C@]23CCCN2CCc2cc4c(cc2[C@H]13)OCO4. The standard InChI is InChI=1S/C31H41N3O8/c1-38-25-18-30-7-5-12-34(30)13-6-21-16-23-24(41-20-40-23)17-22(21)27(30)28(25)42-29(36)31(37,19-26(35)39-2)8-3-4-11-33-14-9-32-10-15-33/h3-4,16-18,27-28,32,37H,5-15,19-20H2,1-2H3/t27-,28-,30+,31-/m1/s1. The van der Waals surface area contributed by atoms with Crippen LogP contribution in [0.25, 0.3) is 0 Å². The van der Waals surface area contributed by atoms with Gasteiger partial charge in [0, 0.05) is 45.7 Å². The number of nitrogens with zero attached hydrogens (tertiary/aromatic N) is 2. The van der Waals surface area contributed by atoms with Crippen molar-refractivity contribution in [3.8, 4) is 11.5 Å². The van der Waals surface area contributed by atoms with Crippen molar-refractivity contribution in [3.05, 3.63) is 47.2 Å². The maximum Gasteiger partial charge on any atom is 0.339 e. The molecule has 42 heavy (non-hydrogen) atoms. The van der Waals surface area contributed by atoms with Gasteiger partial charge in [-0.3, -0.25) is 14.6 Å². The number of esters is 2. The van der Waals surface area contributed by atoms with Gasteiger partial charge < -0.3 is 34.1 Å². The average Bonchev–Trinajstić information content (AvgIpc) is 3.69. The summed E-state index contributed by atoms with van der Waals surface area (Å²) in [4.78, 5) is 31.0. The van der Waals surface area contributed by atoms with Gasteiger partial charge in [0.2, 0.25) is 6.79 Å². The van der Waals surface area contributed by atoms with Crippen LogP contribution in [0.4, 0.5) is 0 Å². The highest BCUT2D eigenvalue weighted by molar-refractivity contribution is 5.86. The summed E-state index contributed by atoms with van der Waals surface area (Å²) in [5.74, 6) is 0.0853. The molecule has 11 nitrogen and oxygen atoms in total. The van der Waals surface area contributed by atoms with Gasteiger partial charge in [-0.25, -0.2) is 4.79 Å². The number of hydrogen-bond donors (Lipinski definition) is 2. The van der Waals surface area contributed by atoms with Crippen molar-refractivity contribution in [3.63, 3.8) is 0 Å². The molecule has 1 spiro atoms. The molecule has 228 valence electrons. The van der Waals surface area contributed by atoms with E-state index in [9.17, 15) is 14.7 Å². The highest BCUT2D eigenvalue weighted by atomic mass is 16.7. The van der Waals surface area contributed by atoms with Crippen molar-refractivity contribution in [2.24, 2.45) is 0 Å². The van der Waals surface area contributed by atoms with Gasteiger partial charge in [-0.05, 0) is 55.1 Å². The maximum absolute atomic E-state index is 13.9. The number of benzene rings is 1. The van der Waals surface area contributed by atoms with Gasteiger partial charge in [0.1, 0.15) is 5.76 Å². The van der Waals surface area contributed by atoms with E-state index in [0.717, 1.165) is 75.4 Å². The summed E-state index contributed by atoms with van der Waals surface area (Å²) in [6.07, 6.45) is 7.10. The third-order valence-corrected chi connectivity index (χ3v) is 9.44. The molecule has 2 saturated heterocycles. The summed E-state index contributed by atoms with van der Waals surface area (Å²) in [7, 11) is 2.82. The first-order chi connectivity index (χ1) is 20.4. The molecule has 6 rings (SSSR count). The zero-order valence-corrected chi connectivity index (χ0v) is 24.4. The van der Waals surface area contributed by atoms with Crippen molar-refractivity contribution in [2.45, 2.75) is 55.3 Å². The van der Waals surface area contributed by atoms with E-state index in [1.54, 1.807) is 13.2 Å². The molecule has 1 aromatic carbocycles. The average molecular weight is 584 g/mol. The van der Waals surface area contributed by atoms with Crippen LogP contribution in [0.1, 0.15) is 42.7 Å². The molecule has 4 atom stereocenters. The van der Waals surface area contributed by atoms with E-state index in [1.807, 2.05) is 18.2 Å². The van der Waals surface area contributed by atoms with Crippen molar-refractivity contribution < 1.29 is 38.4 Å². The molecule has 0 saturated carbocycles. The highest BCUT2D eigenvalue weighted by Crippen LogP contribution is 2.55. The smallest absolute Gasteiger partial charge is 0.339 e. The van der Waals surface area contributed by atoms with Crippen LogP contribution >= 0.6 is 0 Å². The number of ether oxygens (including phenoxy) is 5. The number of rotatable bonds is 9. The first kappa shape index (κ1) is 29.0. The minimum atomic E-state index is -2.10. The van der Waals surface area contributed by atoms with E-state index >= 15 is 0 Å². The second kappa shape index (κ2) is 11.9. The summed E-state index contributed by atoms with van der Waals surface area (Å²) in [5, 5.41) is 15.0. The molecule has 0 amide bonds. The van der Waals surface area contributed by atoms with Gasteiger partial charge in [0.05, 0.1) is 32.1 Å². The predicted octanol–water partition coefficient (Wildman–Crippen LogP) is 1.49. The number of methoxy groups -OCH3 is 2. The lowest BCUT2D eigenvalue weighted by molar-refractivity contribution is -0.177. The van der Waals surface area contributed by atoms with E-state index in [-0.39, 0.29) is 19.1 Å². The minimum absolute atomic E-state index is 0.0804. The number of fused-ring (bicyclic) bond motifs is 3. The molecule has 0 radical (unpaired) electrons. The largest absolute Gasteiger partial charge is 0.497 e. The number of carbonyl (C=O) groups is 2. The molecule has 2 fully saturated rings. The molecule has 0 aromatic heterocycles. The zero-order chi connectivity index (χ0) is 29.3. The third kappa shape index (κ3) is 5.27. The Morgan fingerprint density at radius 1 is 1.14 bits per heavy atom. The first-order valence-corrected chi connectivity index (χ1v) is 14.9. The second-order valence-corrected chi connectivity index (χ2v) is 11.8. The van der Waals surface area contributed by atoms with Gasteiger partial charge in [-0.1, -0.05) is 12.2 Å². The molecule has 0 bridgehead atoms. The van der Waals surface area contributed by atoms with Crippen LogP contribution in [0, 0.1) is 0 Å². The van der Waals surface area contributed by atoms with Gasteiger partial charge in [-0.2, -0.15) is 0 Å². The maximum atomic E-state index is 13.9. The van der Waals surface area contributed by atoms with E-state index in [2.05, 4.69) is 21.2 Å². The summed E-state index contributed by atoms with van der Waals surface area (Å²) in [6.45, 7) is 6.34. The Hall–Kier alpha value is -3.12. The Kier molecular flexibility index (Phi) is 8.19. The van der Waals surface area contributed by atoms with E-state index in [4.69, 9.17) is 23.7 Å². The lowest BCUT2D eigenvalue weighted by atomic mass is 9.77. The van der Waals surface area contributed by atoms with Crippen LogP contribution in [0.2, 0.25) is 0 Å². The van der Waals surface area contributed by atoms with Crippen LogP contribution in [-0.2, 0) is 30.2 Å². The third-order valence-electron chi connectivity index (χ3n) is 9.44. The Bertz CT molecular complexity index is 1260. The van der Waals surface area contributed by atoms with Crippen molar-refractivity contribution >= 4 is 11.9 Å². The molecule has 1 aromatic rings. The van der Waals surface area contributed by atoms with Gasteiger partial charge in [-0.15, -0.1) is 0 Å². The van der Waals surface area contributed by atoms with Gasteiger partial charge in [0.15, 0.2) is 23.2 Å². The fourth-order valence-electron chi connectivity index (χ4n) is 7.25. The number of hydrogen-bond acceptors (Lipinski definition) is 11. The molecule has 1 aliphatic carbocycles. The van der Waals surface area contributed by atoms with Crippen LogP contribution in [0.5, 0.6) is 11.5 Å². The van der Waals surface area contributed by atoms with Crippen LogP contribution in [0.15, 0.2) is 36.1 Å². The van der Waals surface area contributed by atoms with E-state index in [1.165, 1.54) is 7.11 Å². The topological polar surface area (TPSA) is 119 Å². The molecule has 0 unspecified atom stereocenters. The Labute approximate surface area is 246 Å². The molecule has 4 heterocycles. The Balaban J connectivity index is 1.29. The molecule has 5 aliphatic rings. The number of aliphatic hydroxyl groups is 1. The van der Waals surface area contributed by atoms with Crippen molar-refractivity contribution in [1.82, 2.24) is 15.1 Å². The minimum Gasteiger partial charge on any atom is -0.497 e. The zero-order valence-electron chi connectivity index (χ0n) is 24.4. The number of piperazine rings is 1. The summed E-state index contributed by atoms with van der Waals surface area (Å²) < 4.78 is 28.3. The van der Waals surface area contributed by atoms with Crippen LogP contribution < -0.4 is 14.8 Å². The molecule has 2 N–H and O–H groups in total. The molecular formula is C31H41N3O8. The predicted molar refractivity (Wildman–Crippen MR) is 152 cm³/mol. The van der Waals surface area contributed by atoms with Gasteiger partial charge >= 0.3 is 11.9 Å². The van der Waals surface area contributed by atoms with Crippen LogP contribution in [0.3, 0.4) is 0 Å². The Morgan fingerprint density at radius 3 is 2.69 bits per heavy atom. The molecule has 4 aliphatic heterocycles. The lowest BCUT2D eigenvalue weighted by Crippen LogP contribution is -2.49. The first-order valence-electron chi connectivity index (χ1n) is 14.9. The highest BCUT2D eigenvalue weighted by Gasteiger charge is 2.59. The fourth-order valence-corrected chi connectivity index (χ4v) is 7.25. The fraction of sp³-hybridized carbons (Fsp3) is 0.613. The van der Waals surface area contributed by atoms with Crippen molar-refractivity contribution in [2.75, 3.05) is 66.8 Å². The molecule has 11 heteroatoms. The lowest BCUT2D eigenvalue weighted by Gasteiger charge is -2.39. The molecular weight excluding hydrogens is 542 g/mol. The van der Waals surface area contributed by atoms with Crippen LogP contribution in [-0.4, -0.2) is 111 Å².